The van der Waals surface area contributed by atoms with Crippen molar-refractivity contribution in [3.63, 3.8) is 0 Å². The maximum absolute atomic E-state index is 12.5. The molecule has 0 spiro atoms. The van der Waals surface area contributed by atoms with Crippen LogP contribution in [0.5, 0.6) is 0 Å². The van der Waals surface area contributed by atoms with Crippen LogP contribution in [-0.2, 0) is 4.43 Å². The smallest absolute Gasteiger partial charge is 0.408 e. The van der Waals surface area contributed by atoms with Crippen LogP contribution in [0.15, 0.2) is 30.3 Å². The van der Waals surface area contributed by atoms with Crippen LogP contribution < -0.4 is 0 Å². The third kappa shape index (κ3) is 5.07. The van der Waals surface area contributed by atoms with E-state index in [4.69, 9.17) is 4.43 Å². The Kier molecular flexibility index (Phi) is 5.26. The zero-order valence-electron chi connectivity index (χ0n) is 12.7. The summed E-state index contributed by atoms with van der Waals surface area (Å²) in [4.78, 5) is 0. The SMILES string of the molecule is C[Si](C)(C)C(c1ccccc1)[Si](C)(C)OCC(F)(F)F. The van der Waals surface area contributed by atoms with Crippen LogP contribution >= 0.6 is 0 Å². The largest absolute Gasteiger partial charge is 0.410 e. The molecule has 0 N–H and O–H groups in total. The number of halogens is 3. The Labute approximate surface area is 121 Å². The highest BCUT2D eigenvalue weighted by Gasteiger charge is 2.45. The monoisotopic (exact) mass is 320 g/mol. The van der Waals surface area contributed by atoms with Crippen LogP contribution in [0, 0.1) is 0 Å². The van der Waals surface area contributed by atoms with Crippen molar-refractivity contribution in [1.29, 1.82) is 0 Å². The summed E-state index contributed by atoms with van der Waals surface area (Å²) in [6.07, 6.45) is -4.26. The van der Waals surface area contributed by atoms with E-state index >= 15 is 0 Å². The summed E-state index contributed by atoms with van der Waals surface area (Å²) in [7, 11) is -4.17. The molecule has 0 aliphatic rings. The first-order chi connectivity index (χ1) is 8.93. The summed E-state index contributed by atoms with van der Waals surface area (Å²) in [6, 6.07) is 9.83. The van der Waals surface area contributed by atoms with Crippen LogP contribution in [0.4, 0.5) is 13.2 Å². The van der Waals surface area contributed by atoms with Crippen LogP contribution in [0.3, 0.4) is 0 Å². The molecule has 6 heteroatoms. The van der Waals surface area contributed by atoms with Crippen molar-refractivity contribution >= 4 is 16.4 Å². The van der Waals surface area contributed by atoms with Gasteiger partial charge in [0.25, 0.3) is 0 Å². The molecule has 114 valence electrons. The van der Waals surface area contributed by atoms with E-state index < -0.39 is 29.2 Å². The highest BCUT2D eigenvalue weighted by Crippen LogP contribution is 2.37. The van der Waals surface area contributed by atoms with Gasteiger partial charge in [-0.25, -0.2) is 0 Å². The Morgan fingerprint density at radius 3 is 1.90 bits per heavy atom. The van der Waals surface area contributed by atoms with Gasteiger partial charge < -0.3 is 4.43 Å². The topological polar surface area (TPSA) is 9.23 Å². The van der Waals surface area contributed by atoms with Gasteiger partial charge in [0.2, 0.25) is 0 Å². The Bertz CT molecular complexity index is 424. The van der Waals surface area contributed by atoms with E-state index in [1.807, 2.05) is 43.4 Å². The summed E-state index contributed by atoms with van der Waals surface area (Å²) < 4.78 is 42.8. The molecule has 1 rings (SSSR count). The predicted molar refractivity (Wildman–Crippen MR) is 82.0 cm³/mol. The average molecular weight is 321 g/mol. The van der Waals surface area contributed by atoms with Gasteiger partial charge in [-0.3, -0.25) is 0 Å². The standard InChI is InChI=1S/C14H23F3OSi2/c1-19(2,3)13(12-9-7-6-8-10-12)20(4,5)18-11-14(15,16)17/h6-10,13H,11H2,1-5H3. The minimum absolute atomic E-state index is 0.138. The molecule has 0 aliphatic heterocycles. The van der Waals surface area contributed by atoms with Gasteiger partial charge in [0.1, 0.15) is 6.61 Å². The molecule has 0 fully saturated rings. The van der Waals surface area contributed by atoms with Crippen molar-refractivity contribution in [1.82, 2.24) is 0 Å². The zero-order valence-corrected chi connectivity index (χ0v) is 14.7. The predicted octanol–water partition coefficient (Wildman–Crippen LogP) is 4.97. The van der Waals surface area contributed by atoms with Gasteiger partial charge in [0, 0.05) is 0 Å². The van der Waals surface area contributed by atoms with Gasteiger partial charge in [-0.15, -0.1) is 0 Å². The fourth-order valence-corrected chi connectivity index (χ4v) is 14.4. The molecule has 1 aromatic carbocycles. The van der Waals surface area contributed by atoms with Gasteiger partial charge in [-0.05, 0) is 23.8 Å². The van der Waals surface area contributed by atoms with Crippen molar-refractivity contribution in [2.45, 2.75) is 44.1 Å². The maximum Gasteiger partial charge on any atom is 0.410 e. The minimum Gasteiger partial charge on any atom is -0.408 e. The lowest BCUT2D eigenvalue weighted by molar-refractivity contribution is -0.155. The minimum atomic E-state index is -4.26. The first-order valence-electron chi connectivity index (χ1n) is 6.69. The van der Waals surface area contributed by atoms with Crippen LogP contribution in [0.2, 0.25) is 32.7 Å². The fraction of sp³-hybridized carbons (Fsp3) is 0.571. The number of benzene rings is 1. The highest BCUT2D eigenvalue weighted by molar-refractivity contribution is 6.94. The lowest BCUT2D eigenvalue weighted by atomic mass is 10.2. The van der Waals surface area contributed by atoms with E-state index in [0.29, 0.717) is 0 Å². The van der Waals surface area contributed by atoms with E-state index in [1.165, 1.54) is 0 Å². The normalized spacial score (nSPS) is 15.2. The molecule has 1 aromatic rings. The Morgan fingerprint density at radius 1 is 1.00 bits per heavy atom. The molecule has 0 aliphatic carbocycles. The van der Waals surface area contributed by atoms with Crippen LogP contribution in [0.1, 0.15) is 10.7 Å². The number of hydrogen-bond acceptors (Lipinski definition) is 1. The Hall–Kier alpha value is -0.596. The molecule has 0 saturated heterocycles. The molecule has 0 saturated carbocycles. The highest BCUT2D eigenvalue weighted by atomic mass is 28.4. The molecule has 0 heterocycles. The summed E-state index contributed by atoms with van der Waals surface area (Å²) in [5.41, 5.74) is 1.12. The Morgan fingerprint density at radius 2 is 1.50 bits per heavy atom. The molecule has 1 atom stereocenters. The molecule has 1 nitrogen and oxygen atoms in total. The molecule has 0 aromatic heterocycles. The van der Waals surface area contributed by atoms with Crippen molar-refractivity contribution in [2.75, 3.05) is 6.61 Å². The van der Waals surface area contributed by atoms with Gasteiger partial charge in [-0.2, -0.15) is 13.2 Å². The maximum atomic E-state index is 12.5. The third-order valence-corrected chi connectivity index (χ3v) is 12.7. The lowest BCUT2D eigenvalue weighted by Crippen LogP contribution is -2.51. The van der Waals surface area contributed by atoms with Gasteiger partial charge in [-0.1, -0.05) is 50.0 Å². The summed E-state index contributed by atoms with van der Waals surface area (Å²) >= 11 is 0. The second-order valence-electron chi connectivity index (χ2n) is 6.72. The van der Waals surface area contributed by atoms with E-state index in [2.05, 4.69) is 19.6 Å². The molecular weight excluding hydrogens is 297 g/mol. The van der Waals surface area contributed by atoms with Gasteiger partial charge >= 0.3 is 6.18 Å². The second-order valence-corrected chi connectivity index (χ2v) is 16.7. The van der Waals surface area contributed by atoms with E-state index in [-0.39, 0.29) is 5.16 Å². The van der Waals surface area contributed by atoms with Crippen LogP contribution in [0.25, 0.3) is 0 Å². The van der Waals surface area contributed by atoms with Crippen molar-refractivity contribution in [3.8, 4) is 0 Å². The molecular formula is C14H23F3OSi2. The van der Waals surface area contributed by atoms with Crippen molar-refractivity contribution in [2.24, 2.45) is 0 Å². The zero-order chi connectivity index (χ0) is 15.6. The number of alkyl halides is 3. The molecule has 0 amide bonds. The molecule has 0 radical (unpaired) electrons. The van der Waals surface area contributed by atoms with E-state index in [9.17, 15) is 13.2 Å². The number of rotatable bonds is 5. The first-order valence-corrected chi connectivity index (χ1v) is 13.3. The third-order valence-electron chi connectivity index (χ3n) is 3.30. The summed E-state index contributed by atoms with van der Waals surface area (Å²) in [5, 5.41) is 0.138. The quantitative estimate of drug-likeness (QED) is 0.696. The first kappa shape index (κ1) is 17.5. The lowest BCUT2D eigenvalue weighted by Gasteiger charge is -2.40. The molecule has 20 heavy (non-hydrogen) atoms. The molecule has 0 bridgehead atoms. The van der Waals surface area contributed by atoms with Crippen molar-refractivity contribution in [3.05, 3.63) is 35.9 Å². The fourth-order valence-electron chi connectivity index (χ4n) is 2.94. The Balaban J connectivity index is 3.05. The van der Waals surface area contributed by atoms with Gasteiger partial charge in [0.05, 0.1) is 8.07 Å². The second kappa shape index (κ2) is 6.03. The van der Waals surface area contributed by atoms with Crippen LogP contribution in [-0.4, -0.2) is 29.2 Å². The van der Waals surface area contributed by atoms with E-state index in [1.54, 1.807) is 0 Å². The summed E-state index contributed by atoms with van der Waals surface area (Å²) in [6.45, 7) is 9.23. The molecule has 1 unspecified atom stereocenters. The summed E-state index contributed by atoms with van der Waals surface area (Å²) in [5.74, 6) is 0. The van der Waals surface area contributed by atoms with E-state index in [0.717, 1.165) is 5.56 Å². The number of hydrogen-bond donors (Lipinski definition) is 0. The van der Waals surface area contributed by atoms with Gasteiger partial charge in [0.15, 0.2) is 8.32 Å². The van der Waals surface area contributed by atoms with Crippen molar-refractivity contribution < 1.29 is 17.6 Å². The average Bonchev–Trinajstić information content (AvgIpc) is 2.25.